The Bertz CT molecular complexity index is 113. The van der Waals surface area contributed by atoms with Gasteiger partial charge in [0.1, 0.15) is 0 Å². The van der Waals surface area contributed by atoms with Crippen molar-refractivity contribution in [2.24, 2.45) is 5.73 Å². The Morgan fingerprint density at radius 1 is 1.58 bits per heavy atom. The van der Waals surface area contributed by atoms with Crippen molar-refractivity contribution in [1.82, 2.24) is 5.32 Å². The smallest absolute Gasteiger partial charge is 0.327 e. The first-order valence-electron chi connectivity index (χ1n) is 3.56. The van der Waals surface area contributed by atoms with Crippen molar-refractivity contribution in [1.29, 1.82) is 0 Å². The third-order valence-electron chi connectivity index (χ3n) is 0.784. The maximum atomic E-state index is 9.25. The van der Waals surface area contributed by atoms with Crippen molar-refractivity contribution in [3.05, 3.63) is 12.7 Å². The van der Waals surface area contributed by atoms with Crippen LogP contribution in [0.2, 0.25) is 0 Å². The van der Waals surface area contributed by atoms with Crippen LogP contribution >= 0.6 is 0 Å². The van der Waals surface area contributed by atoms with Crippen molar-refractivity contribution in [2.75, 3.05) is 26.2 Å². The van der Waals surface area contributed by atoms with Crippen molar-refractivity contribution >= 4 is 5.97 Å². The minimum Gasteiger partial charge on any atom is -0.478 e. The van der Waals surface area contributed by atoms with Gasteiger partial charge < -0.3 is 21.3 Å². The van der Waals surface area contributed by atoms with Crippen LogP contribution in [0.4, 0.5) is 0 Å². The number of carboxylic acids is 1. The SMILES string of the molecule is C=CC(=O)O.NCCNCCO. The summed E-state index contributed by atoms with van der Waals surface area (Å²) in [5.74, 6) is -0.981. The zero-order valence-corrected chi connectivity index (χ0v) is 6.99. The van der Waals surface area contributed by atoms with Crippen molar-refractivity contribution < 1.29 is 15.0 Å². The van der Waals surface area contributed by atoms with Crippen LogP contribution in [0.1, 0.15) is 0 Å². The lowest BCUT2D eigenvalue weighted by Crippen LogP contribution is -2.24. The van der Waals surface area contributed by atoms with E-state index >= 15 is 0 Å². The Morgan fingerprint density at radius 3 is 2.33 bits per heavy atom. The second-order valence-corrected chi connectivity index (χ2v) is 1.80. The van der Waals surface area contributed by atoms with Crippen LogP contribution in [0.5, 0.6) is 0 Å². The number of nitrogens with two attached hydrogens (primary N) is 1. The van der Waals surface area contributed by atoms with E-state index < -0.39 is 5.97 Å². The van der Waals surface area contributed by atoms with Crippen LogP contribution in [-0.4, -0.2) is 42.4 Å². The lowest BCUT2D eigenvalue weighted by molar-refractivity contribution is -0.131. The number of carboxylic acid groups (broad SMARTS) is 1. The van der Waals surface area contributed by atoms with Crippen LogP contribution in [-0.2, 0) is 4.79 Å². The maximum Gasteiger partial charge on any atom is 0.327 e. The zero-order chi connectivity index (χ0) is 9.82. The lowest BCUT2D eigenvalue weighted by atomic mass is 10.6. The number of nitrogens with one attached hydrogen (secondary N) is 1. The van der Waals surface area contributed by atoms with Crippen molar-refractivity contribution in [2.45, 2.75) is 0 Å². The van der Waals surface area contributed by atoms with Gasteiger partial charge in [-0.25, -0.2) is 4.79 Å². The molecule has 0 aromatic carbocycles. The van der Waals surface area contributed by atoms with Crippen LogP contribution in [0.15, 0.2) is 12.7 Å². The Balaban J connectivity index is 0. The molecule has 0 aliphatic carbocycles. The zero-order valence-electron chi connectivity index (χ0n) is 6.99. The molecular formula is C7H16N2O3. The van der Waals surface area contributed by atoms with E-state index in [-0.39, 0.29) is 6.61 Å². The monoisotopic (exact) mass is 176 g/mol. The molecule has 0 radical (unpaired) electrons. The van der Waals surface area contributed by atoms with Crippen LogP contribution in [0.25, 0.3) is 0 Å². The van der Waals surface area contributed by atoms with Crippen molar-refractivity contribution in [3.8, 4) is 0 Å². The first-order chi connectivity index (χ1) is 5.68. The van der Waals surface area contributed by atoms with Crippen molar-refractivity contribution in [3.63, 3.8) is 0 Å². The fourth-order valence-electron chi connectivity index (χ4n) is 0.306. The molecule has 0 aliphatic heterocycles. The Kier molecular flexibility index (Phi) is 14.5. The van der Waals surface area contributed by atoms with Gasteiger partial charge in [0.15, 0.2) is 0 Å². The average molecular weight is 176 g/mol. The predicted octanol–water partition coefficient (Wildman–Crippen LogP) is -1.22. The third-order valence-corrected chi connectivity index (χ3v) is 0.784. The van der Waals surface area contributed by atoms with Crippen LogP contribution < -0.4 is 11.1 Å². The van der Waals surface area contributed by atoms with E-state index in [4.69, 9.17) is 15.9 Å². The van der Waals surface area contributed by atoms with E-state index in [0.29, 0.717) is 13.1 Å². The molecule has 0 aliphatic rings. The summed E-state index contributed by atoms with van der Waals surface area (Å²) in [6.45, 7) is 5.24. The van der Waals surface area contributed by atoms with Gasteiger partial charge >= 0.3 is 5.97 Å². The number of hydrogen-bond donors (Lipinski definition) is 4. The largest absolute Gasteiger partial charge is 0.478 e. The van der Waals surface area contributed by atoms with E-state index in [1.807, 2.05) is 0 Å². The summed E-state index contributed by atoms with van der Waals surface area (Å²) in [5, 5.41) is 18.7. The number of aliphatic carboxylic acids is 1. The second kappa shape index (κ2) is 12.7. The first-order valence-corrected chi connectivity index (χ1v) is 3.56. The minimum atomic E-state index is -0.981. The molecule has 0 saturated heterocycles. The molecule has 72 valence electrons. The van der Waals surface area contributed by atoms with Gasteiger partial charge in [0, 0.05) is 25.7 Å². The molecule has 0 atom stereocenters. The lowest BCUT2D eigenvalue weighted by Gasteiger charge is -1.95. The van der Waals surface area contributed by atoms with Gasteiger partial charge in [0.25, 0.3) is 0 Å². The summed E-state index contributed by atoms with van der Waals surface area (Å²) in [4.78, 5) is 9.25. The summed E-state index contributed by atoms with van der Waals surface area (Å²) in [7, 11) is 0. The molecule has 0 bridgehead atoms. The first kappa shape index (κ1) is 13.7. The maximum absolute atomic E-state index is 9.25. The number of carbonyl (C=O) groups is 1. The highest BCUT2D eigenvalue weighted by Crippen LogP contribution is 1.54. The highest BCUT2D eigenvalue weighted by atomic mass is 16.4. The predicted molar refractivity (Wildman–Crippen MR) is 46.8 cm³/mol. The minimum absolute atomic E-state index is 0.194. The fourth-order valence-corrected chi connectivity index (χ4v) is 0.306. The van der Waals surface area contributed by atoms with E-state index in [2.05, 4.69) is 11.9 Å². The second-order valence-electron chi connectivity index (χ2n) is 1.80. The van der Waals surface area contributed by atoms with Gasteiger partial charge in [0.2, 0.25) is 0 Å². The van der Waals surface area contributed by atoms with E-state index in [1.54, 1.807) is 0 Å². The van der Waals surface area contributed by atoms with Gasteiger partial charge in [0.05, 0.1) is 6.61 Å². The Hall–Kier alpha value is -0.910. The summed E-state index contributed by atoms with van der Waals surface area (Å²) in [5.41, 5.74) is 5.13. The molecule has 12 heavy (non-hydrogen) atoms. The quantitative estimate of drug-likeness (QED) is 0.311. The Labute approximate surface area is 71.9 Å². The summed E-state index contributed by atoms with van der Waals surface area (Å²) >= 11 is 0. The van der Waals surface area contributed by atoms with E-state index in [0.717, 1.165) is 12.6 Å². The molecule has 0 amide bonds. The molecule has 0 unspecified atom stereocenters. The molecule has 5 heteroatoms. The summed E-state index contributed by atoms with van der Waals surface area (Å²) < 4.78 is 0. The average Bonchev–Trinajstić information content (AvgIpc) is 2.07. The topological polar surface area (TPSA) is 95.6 Å². The number of rotatable bonds is 5. The van der Waals surface area contributed by atoms with Gasteiger partial charge in [-0.3, -0.25) is 0 Å². The van der Waals surface area contributed by atoms with Gasteiger partial charge in [-0.2, -0.15) is 0 Å². The van der Waals surface area contributed by atoms with Crippen LogP contribution in [0.3, 0.4) is 0 Å². The molecular weight excluding hydrogens is 160 g/mol. The van der Waals surface area contributed by atoms with Crippen LogP contribution in [0, 0.1) is 0 Å². The number of hydrogen-bond acceptors (Lipinski definition) is 4. The highest BCUT2D eigenvalue weighted by Gasteiger charge is 1.77. The van der Waals surface area contributed by atoms with Gasteiger partial charge in [-0.05, 0) is 0 Å². The molecule has 5 nitrogen and oxygen atoms in total. The molecule has 0 saturated carbocycles. The standard InChI is InChI=1S/C4H12N2O.C3H4O2/c5-1-2-6-3-4-7;1-2-3(4)5/h6-7H,1-5H2;2H,1H2,(H,4,5). The molecule has 0 aromatic heterocycles. The van der Waals surface area contributed by atoms with Gasteiger partial charge in [-0.15, -0.1) is 0 Å². The molecule has 0 fully saturated rings. The molecule has 0 rings (SSSR count). The fraction of sp³-hybridized carbons (Fsp3) is 0.571. The van der Waals surface area contributed by atoms with E-state index in [9.17, 15) is 4.79 Å². The van der Waals surface area contributed by atoms with E-state index in [1.165, 1.54) is 0 Å². The number of aliphatic hydroxyl groups excluding tert-OH is 1. The molecule has 5 N–H and O–H groups in total. The molecule has 0 spiro atoms. The Morgan fingerprint density at radius 2 is 2.08 bits per heavy atom. The molecule has 0 aromatic rings. The number of aliphatic hydroxyl groups is 1. The summed E-state index contributed by atoms with van der Waals surface area (Å²) in [6, 6.07) is 0. The van der Waals surface area contributed by atoms with Gasteiger partial charge in [-0.1, -0.05) is 6.58 Å². The molecule has 0 heterocycles. The normalized spacial score (nSPS) is 8.17. The summed E-state index contributed by atoms with van der Waals surface area (Å²) in [6.07, 6.45) is 0.833. The third kappa shape index (κ3) is 23.0. The highest BCUT2D eigenvalue weighted by molar-refractivity contribution is 5.78.